The summed E-state index contributed by atoms with van der Waals surface area (Å²) < 4.78 is 9.87. The van der Waals surface area contributed by atoms with Crippen molar-refractivity contribution in [3.05, 3.63) is 72.6 Å². The molecule has 4 aromatic rings. The molecule has 0 radical (unpaired) electrons. The Kier molecular flexibility index (Phi) is 10.1. The predicted octanol–water partition coefficient (Wildman–Crippen LogP) is 6.25. The number of imidazole rings is 2. The zero-order valence-electron chi connectivity index (χ0n) is 31.2. The predicted molar refractivity (Wildman–Crippen MR) is 198 cm³/mol. The molecule has 0 saturated carbocycles. The Morgan fingerprint density at radius 2 is 1.13 bits per heavy atom. The van der Waals surface area contributed by atoms with Gasteiger partial charge in [0.2, 0.25) is 5.91 Å². The number of primary amides is 1. The van der Waals surface area contributed by atoms with Crippen LogP contribution in [0.2, 0.25) is 0 Å². The second kappa shape index (κ2) is 14.4. The molecular formula is C39H48N8O6. The third kappa shape index (κ3) is 7.48. The standard InChI is InChI=1S/C39H48N8O6/c1-22-8-18-30(46(22)34(48)38(3,4)45-37(51)52-7)32-41-20-28(43-32)26-14-10-24(11-15-26)25-12-16-27(17-13-25)29-21-42-33(44-29)31-19-9-23(2)47(31)35(49)39(5,6)53-36(40)50/h10-17,20-23,30-31H,8-9,18-19H2,1-7H3,(H2,40,50)(H,41,43)(H,42,44)(H,45,51)/t22?,23-,30?,31-/m0/s1. The molecule has 4 atom stereocenters. The minimum Gasteiger partial charge on any atom is -0.453 e. The second-order valence-corrected chi connectivity index (χ2v) is 15.0. The lowest BCUT2D eigenvalue weighted by molar-refractivity contribution is -0.151. The van der Waals surface area contributed by atoms with E-state index in [2.05, 4.69) is 49.5 Å². The fourth-order valence-corrected chi connectivity index (χ4v) is 7.47. The van der Waals surface area contributed by atoms with Gasteiger partial charge in [-0.1, -0.05) is 48.5 Å². The van der Waals surface area contributed by atoms with Crippen LogP contribution in [0.15, 0.2) is 60.9 Å². The van der Waals surface area contributed by atoms with Gasteiger partial charge < -0.3 is 40.3 Å². The lowest BCUT2D eigenvalue weighted by Crippen LogP contribution is -2.57. The molecule has 280 valence electrons. The quantitative estimate of drug-likeness (QED) is 0.156. The van der Waals surface area contributed by atoms with Crippen molar-refractivity contribution in [3.8, 4) is 33.6 Å². The smallest absolute Gasteiger partial charge is 0.407 e. The van der Waals surface area contributed by atoms with E-state index in [9.17, 15) is 19.2 Å². The van der Waals surface area contributed by atoms with Gasteiger partial charge in [0.1, 0.15) is 17.2 Å². The fourth-order valence-electron chi connectivity index (χ4n) is 7.47. The van der Waals surface area contributed by atoms with Crippen LogP contribution in [0.25, 0.3) is 33.6 Å². The number of H-pyrrole nitrogens is 2. The van der Waals surface area contributed by atoms with Gasteiger partial charge in [0.25, 0.3) is 5.91 Å². The van der Waals surface area contributed by atoms with Crippen LogP contribution in [0.3, 0.4) is 0 Å². The molecule has 2 aromatic carbocycles. The average Bonchev–Trinajstić information content (AvgIpc) is 3.94. The van der Waals surface area contributed by atoms with Gasteiger partial charge >= 0.3 is 12.2 Å². The Bertz CT molecular complexity index is 1980. The van der Waals surface area contributed by atoms with Crippen molar-refractivity contribution in [2.75, 3.05) is 7.11 Å². The number of carbonyl (C=O) groups is 4. The van der Waals surface area contributed by atoms with E-state index in [1.165, 1.54) is 7.11 Å². The summed E-state index contributed by atoms with van der Waals surface area (Å²) in [5, 5.41) is 2.65. The Hall–Kier alpha value is -5.66. The van der Waals surface area contributed by atoms with Gasteiger partial charge in [0, 0.05) is 12.1 Å². The highest BCUT2D eigenvalue weighted by Crippen LogP contribution is 2.39. The maximum Gasteiger partial charge on any atom is 0.407 e. The number of aromatic amines is 2. The van der Waals surface area contributed by atoms with Crippen LogP contribution in [0.5, 0.6) is 0 Å². The van der Waals surface area contributed by atoms with Crippen LogP contribution in [-0.2, 0) is 19.1 Å². The number of carbonyl (C=O) groups excluding carboxylic acids is 4. The first kappa shape index (κ1) is 37.1. The van der Waals surface area contributed by atoms with Crippen molar-refractivity contribution in [1.82, 2.24) is 35.1 Å². The maximum atomic E-state index is 13.6. The average molecular weight is 725 g/mol. The highest BCUT2D eigenvalue weighted by Gasteiger charge is 2.45. The van der Waals surface area contributed by atoms with Gasteiger partial charge in [-0.3, -0.25) is 9.59 Å². The SMILES string of the molecule is COC(=O)NC(C)(C)C(=O)N1C(C)CCC1c1ncc(-c2ccc(-c3ccc(-c4cnc([C@@H]5CC[C@H](C)N5C(=O)C(C)(C)OC(N)=O)[nH]4)cc3)cc2)[nH]1. The molecule has 0 aliphatic carbocycles. The van der Waals surface area contributed by atoms with Crippen molar-refractivity contribution in [2.24, 2.45) is 5.73 Å². The summed E-state index contributed by atoms with van der Waals surface area (Å²) in [4.78, 5) is 70.1. The van der Waals surface area contributed by atoms with Gasteiger partial charge in [-0.2, -0.15) is 0 Å². The monoisotopic (exact) mass is 724 g/mol. The zero-order valence-corrected chi connectivity index (χ0v) is 31.2. The summed E-state index contributed by atoms with van der Waals surface area (Å²) in [5.41, 5.74) is 8.36. The third-order valence-corrected chi connectivity index (χ3v) is 10.4. The number of aromatic nitrogens is 4. The number of nitrogens with zero attached hydrogens (tertiary/aromatic N) is 4. The molecule has 2 unspecified atom stereocenters. The lowest BCUT2D eigenvalue weighted by Gasteiger charge is -2.35. The Morgan fingerprint density at radius 3 is 1.55 bits per heavy atom. The van der Waals surface area contributed by atoms with E-state index in [-0.39, 0.29) is 36.0 Å². The summed E-state index contributed by atoms with van der Waals surface area (Å²) in [6, 6.07) is 15.8. The van der Waals surface area contributed by atoms with E-state index < -0.39 is 23.3 Å². The molecule has 2 aliphatic rings. The van der Waals surface area contributed by atoms with E-state index in [1.807, 2.05) is 43.0 Å². The van der Waals surface area contributed by atoms with E-state index >= 15 is 0 Å². The van der Waals surface area contributed by atoms with Crippen molar-refractivity contribution >= 4 is 24.0 Å². The summed E-state index contributed by atoms with van der Waals surface area (Å²) >= 11 is 0. The van der Waals surface area contributed by atoms with Crippen LogP contribution in [0.1, 0.15) is 91.0 Å². The molecular weight excluding hydrogens is 676 g/mol. The molecule has 14 heteroatoms. The number of methoxy groups -OCH3 is 1. The van der Waals surface area contributed by atoms with E-state index in [0.717, 1.165) is 59.3 Å². The number of alkyl carbamates (subject to hydrolysis) is 1. The summed E-state index contributed by atoms with van der Waals surface area (Å²) in [5.74, 6) is 0.871. The Labute approximate surface area is 308 Å². The number of benzene rings is 2. The molecule has 0 bridgehead atoms. The summed E-state index contributed by atoms with van der Waals surface area (Å²) in [6.45, 7) is 10.4. The highest BCUT2D eigenvalue weighted by molar-refractivity contribution is 5.90. The van der Waals surface area contributed by atoms with Crippen molar-refractivity contribution < 1.29 is 28.7 Å². The molecule has 2 saturated heterocycles. The fraction of sp³-hybridized carbons (Fsp3) is 0.436. The maximum absolute atomic E-state index is 13.6. The first-order valence-electron chi connectivity index (χ1n) is 17.9. The van der Waals surface area contributed by atoms with Crippen LogP contribution in [0.4, 0.5) is 9.59 Å². The summed E-state index contributed by atoms with van der Waals surface area (Å²) in [6.07, 6.45) is 5.02. The number of likely N-dealkylation sites (tertiary alicyclic amines) is 2. The first-order valence-corrected chi connectivity index (χ1v) is 17.9. The number of nitrogens with two attached hydrogens (primary N) is 1. The molecule has 2 aliphatic heterocycles. The number of nitrogens with one attached hydrogen (secondary N) is 3. The van der Waals surface area contributed by atoms with Crippen LogP contribution in [0, 0.1) is 0 Å². The number of ether oxygens (including phenoxy) is 2. The number of rotatable bonds is 9. The second-order valence-electron chi connectivity index (χ2n) is 15.0. The van der Waals surface area contributed by atoms with Crippen molar-refractivity contribution in [3.63, 3.8) is 0 Å². The lowest BCUT2D eigenvalue weighted by atomic mass is 10.0. The topological polar surface area (TPSA) is 189 Å². The highest BCUT2D eigenvalue weighted by atomic mass is 16.6. The van der Waals surface area contributed by atoms with Gasteiger partial charge in [-0.15, -0.1) is 0 Å². The van der Waals surface area contributed by atoms with Crippen LogP contribution >= 0.6 is 0 Å². The van der Waals surface area contributed by atoms with Crippen LogP contribution in [-0.4, -0.2) is 84.1 Å². The molecule has 2 aromatic heterocycles. The molecule has 53 heavy (non-hydrogen) atoms. The molecule has 4 heterocycles. The minimum atomic E-state index is -1.39. The normalized spacial score (nSPS) is 20.4. The van der Waals surface area contributed by atoms with Gasteiger partial charge in [-0.05, 0) is 89.5 Å². The van der Waals surface area contributed by atoms with Gasteiger partial charge in [0.15, 0.2) is 5.60 Å². The molecule has 2 fully saturated rings. The van der Waals surface area contributed by atoms with E-state index in [0.29, 0.717) is 11.6 Å². The van der Waals surface area contributed by atoms with E-state index in [4.69, 9.17) is 15.2 Å². The van der Waals surface area contributed by atoms with Crippen LogP contribution < -0.4 is 11.1 Å². The first-order chi connectivity index (χ1) is 25.1. The van der Waals surface area contributed by atoms with Gasteiger partial charge in [-0.25, -0.2) is 19.6 Å². The minimum absolute atomic E-state index is 0.0123. The zero-order chi connectivity index (χ0) is 38.2. The van der Waals surface area contributed by atoms with Crippen molar-refractivity contribution in [1.29, 1.82) is 0 Å². The largest absolute Gasteiger partial charge is 0.453 e. The molecule has 4 amide bonds. The summed E-state index contributed by atoms with van der Waals surface area (Å²) in [7, 11) is 1.27. The Balaban J connectivity index is 1.13. The molecule has 0 spiro atoms. The van der Waals surface area contributed by atoms with E-state index in [1.54, 1.807) is 45.0 Å². The third-order valence-electron chi connectivity index (χ3n) is 10.4. The number of amides is 4. The number of hydrogen-bond acceptors (Lipinski definition) is 8. The van der Waals surface area contributed by atoms with Crippen molar-refractivity contribution in [2.45, 2.75) is 103 Å². The molecule has 14 nitrogen and oxygen atoms in total. The molecule has 6 rings (SSSR count). The number of hydrogen-bond donors (Lipinski definition) is 4. The molecule has 5 N–H and O–H groups in total. The Morgan fingerprint density at radius 1 is 0.717 bits per heavy atom. The van der Waals surface area contributed by atoms with Gasteiger partial charge in [0.05, 0.1) is 43.0 Å².